The van der Waals surface area contributed by atoms with Crippen molar-refractivity contribution in [1.29, 1.82) is 0 Å². The lowest BCUT2D eigenvalue weighted by Crippen LogP contribution is -2.28. The molecule has 2 heterocycles. The first-order chi connectivity index (χ1) is 8.58. The molecule has 2 aromatic rings. The van der Waals surface area contributed by atoms with Gasteiger partial charge in [-0.2, -0.15) is 0 Å². The van der Waals surface area contributed by atoms with Crippen molar-refractivity contribution in [3.8, 4) is 0 Å². The average Bonchev–Trinajstić information content (AvgIpc) is 2.75. The van der Waals surface area contributed by atoms with Gasteiger partial charge in [-0.3, -0.25) is 9.78 Å². The molecule has 0 spiro atoms. The molecule has 0 aliphatic carbocycles. The standard InChI is InChI=1S/C11H12FN5O/c1-7(10-16-14-6-17(10)2)15-11(18)8-3-9(12)5-13-4-8/h3-7H,1-2H3,(H,15,18). The van der Waals surface area contributed by atoms with Gasteiger partial charge in [-0.05, 0) is 13.0 Å². The summed E-state index contributed by atoms with van der Waals surface area (Å²) in [7, 11) is 1.78. The summed E-state index contributed by atoms with van der Waals surface area (Å²) < 4.78 is 14.6. The number of nitrogens with one attached hydrogen (secondary N) is 1. The Morgan fingerprint density at radius 2 is 2.28 bits per heavy atom. The minimum absolute atomic E-state index is 0.170. The SMILES string of the molecule is CC(NC(=O)c1cncc(F)c1)c1nncn1C. The smallest absolute Gasteiger partial charge is 0.253 e. The summed E-state index contributed by atoms with van der Waals surface area (Å²) in [4.78, 5) is 15.5. The van der Waals surface area contributed by atoms with Gasteiger partial charge < -0.3 is 9.88 Å². The first-order valence-electron chi connectivity index (χ1n) is 5.33. The molecule has 18 heavy (non-hydrogen) atoms. The number of hydrogen-bond acceptors (Lipinski definition) is 4. The summed E-state index contributed by atoms with van der Waals surface area (Å²) in [5, 5.41) is 10.3. The second-order valence-corrected chi connectivity index (χ2v) is 3.89. The fourth-order valence-electron chi connectivity index (χ4n) is 1.56. The van der Waals surface area contributed by atoms with Crippen LogP contribution in [0.1, 0.15) is 29.1 Å². The first-order valence-corrected chi connectivity index (χ1v) is 5.33. The molecule has 0 aliphatic rings. The first kappa shape index (κ1) is 12.2. The Kier molecular flexibility index (Phi) is 3.31. The minimum Gasteiger partial charge on any atom is -0.342 e. The third-order valence-electron chi connectivity index (χ3n) is 2.45. The third-order valence-corrected chi connectivity index (χ3v) is 2.45. The predicted octanol–water partition coefficient (Wildman–Crippen LogP) is 0.840. The largest absolute Gasteiger partial charge is 0.342 e. The summed E-state index contributed by atoms with van der Waals surface area (Å²) in [6, 6.07) is 0.805. The van der Waals surface area contributed by atoms with Crippen LogP contribution in [-0.4, -0.2) is 25.7 Å². The van der Waals surface area contributed by atoms with E-state index in [0.717, 1.165) is 12.3 Å². The number of aromatic nitrogens is 4. The van der Waals surface area contributed by atoms with E-state index < -0.39 is 11.7 Å². The van der Waals surface area contributed by atoms with Gasteiger partial charge in [0.05, 0.1) is 17.8 Å². The lowest BCUT2D eigenvalue weighted by atomic mass is 10.2. The van der Waals surface area contributed by atoms with Crippen LogP contribution in [0.3, 0.4) is 0 Å². The molecule has 1 unspecified atom stereocenters. The zero-order valence-corrected chi connectivity index (χ0v) is 9.96. The van der Waals surface area contributed by atoms with Gasteiger partial charge >= 0.3 is 0 Å². The number of amides is 1. The van der Waals surface area contributed by atoms with Crippen molar-refractivity contribution < 1.29 is 9.18 Å². The fraction of sp³-hybridized carbons (Fsp3) is 0.273. The van der Waals surface area contributed by atoms with Crippen molar-refractivity contribution in [3.05, 3.63) is 42.0 Å². The van der Waals surface area contributed by atoms with Crippen molar-refractivity contribution in [2.75, 3.05) is 0 Å². The number of pyridine rings is 1. The maximum atomic E-state index is 12.9. The van der Waals surface area contributed by atoms with E-state index in [1.54, 1.807) is 24.9 Å². The Morgan fingerprint density at radius 1 is 1.50 bits per heavy atom. The van der Waals surface area contributed by atoms with E-state index in [4.69, 9.17) is 0 Å². The maximum Gasteiger partial charge on any atom is 0.253 e. The molecule has 0 saturated heterocycles. The lowest BCUT2D eigenvalue weighted by Gasteiger charge is -2.12. The van der Waals surface area contributed by atoms with E-state index in [2.05, 4.69) is 20.5 Å². The number of hydrogen-bond donors (Lipinski definition) is 1. The molecule has 0 bridgehead atoms. The number of carbonyl (C=O) groups excluding carboxylic acids is 1. The van der Waals surface area contributed by atoms with Crippen molar-refractivity contribution >= 4 is 5.91 Å². The Hall–Kier alpha value is -2.31. The molecule has 1 N–H and O–H groups in total. The van der Waals surface area contributed by atoms with Crippen LogP contribution in [0.4, 0.5) is 4.39 Å². The van der Waals surface area contributed by atoms with Gasteiger partial charge in [0.1, 0.15) is 12.1 Å². The molecule has 0 saturated carbocycles. The van der Waals surface area contributed by atoms with Gasteiger partial charge in [-0.1, -0.05) is 0 Å². The highest BCUT2D eigenvalue weighted by Gasteiger charge is 2.15. The van der Waals surface area contributed by atoms with Crippen LogP contribution in [0.15, 0.2) is 24.8 Å². The van der Waals surface area contributed by atoms with Gasteiger partial charge in [0.2, 0.25) is 0 Å². The molecule has 94 valence electrons. The highest BCUT2D eigenvalue weighted by molar-refractivity contribution is 5.94. The second-order valence-electron chi connectivity index (χ2n) is 3.89. The molecule has 0 fully saturated rings. The molecular formula is C11H12FN5O. The summed E-state index contributed by atoms with van der Waals surface area (Å²) in [5.74, 6) is -0.334. The van der Waals surface area contributed by atoms with E-state index in [1.165, 1.54) is 6.20 Å². The average molecular weight is 249 g/mol. The van der Waals surface area contributed by atoms with E-state index >= 15 is 0 Å². The molecule has 1 amide bonds. The highest BCUT2D eigenvalue weighted by Crippen LogP contribution is 2.09. The van der Waals surface area contributed by atoms with E-state index in [9.17, 15) is 9.18 Å². The van der Waals surface area contributed by atoms with E-state index in [0.29, 0.717) is 5.82 Å². The summed E-state index contributed by atoms with van der Waals surface area (Å²) >= 11 is 0. The number of nitrogens with zero attached hydrogens (tertiary/aromatic N) is 4. The molecule has 7 heteroatoms. The van der Waals surface area contributed by atoms with E-state index in [1.807, 2.05) is 0 Å². The second kappa shape index (κ2) is 4.91. The zero-order valence-electron chi connectivity index (χ0n) is 9.96. The number of rotatable bonds is 3. The van der Waals surface area contributed by atoms with Crippen LogP contribution in [0, 0.1) is 5.82 Å². The molecule has 1 atom stereocenters. The molecule has 6 nitrogen and oxygen atoms in total. The minimum atomic E-state index is -0.547. The Morgan fingerprint density at radius 3 is 2.89 bits per heavy atom. The normalized spacial score (nSPS) is 12.2. The highest BCUT2D eigenvalue weighted by atomic mass is 19.1. The monoisotopic (exact) mass is 249 g/mol. The van der Waals surface area contributed by atoms with Gasteiger partial charge in [-0.15, -0.1) is 10.2 Å². The topological polar surface area (TPSA) is 72.7 Å². The van der Waals surface area contributed by atoms with Gasteiger partial charge in [0, 0.05) is 13.2 Å². The Labute approximate surface area is 103 Å². The van der Waals surface area contributed by atoms with Crippen LogP contribution >= 0.6 is 0 Å². The van der Waals surface area contributed by atoms with Crippen LogP contribution < -0.4 is 5.32 Å². The van der Waals surface area contributed by atoms with Crippen LogP contribution in [0.25, 0.3) is 0 Å². The lowest BCUT2D eigenvalue weighted by molar-refractivity contribution is 0.0937. The third kappa shape index (κ3) is 2.50. The molecule has 2 rings (SSSR count). The molecule has 2 aromatic heterocycles. The quantitative estimate of drug-likeness (QED) is 0.874. The van der Waals surface area contributed by atoms with Gasteiger partial charge in [0.25, 0.3) is 5.91 Å². The summed E-state index contributed by atoms with van der Waals surface area (Å²) in [6.45, 7) is 1.77. The molecule has 0 aliphatic heterocycles. The Balaban J connectivity index is 2.10. The number of halogens is 1. The van der Waals surface area contributed by atoms with E-state index in [-0.39, 0.29) is 11.6 Å². The summed E-state index contributed by atoms with van der Waals surface area (Å²) in [5.41, 5.74) is 0.170. The van der Waals surface area contributed by atoms with Crippen LogP contribution in [0.2, 0.25) is 0 Å². The van der Waals surface area contributed by atoms with Crippen LogP contribution in [0.5, 0.6) is 0 Å². The molecular weight excluding hydrogens is 237 g/mol. The van der Waals surface area contributed by atoms with Crippen molar-refractivity contribution in [2.24, 2.45) is 7.05 Å². The Bertz CT molecular complexity index is 568. The fourth-order valence-corrected chi connectivity index (χ4v) is 1.56. The number of carbonyl (C=O) groups is 1. The van der Waals surface area contributed by atoms with Gasteiger partial charge in [0.15, 0.2) is 5.82 Å². The molecule has 0 radical (unpaired) electrons. The zero-order chi connectivity index (χ0) is 13.1. The van der Waals surface area contributed by atoms with Crippen LogP contribution in [-0.2, 0) is 7.05 Å². The van der Waals surface area contributed by atoms with Crippen molar-refractivity contribution in [3.63, 3.8) is 0 Å². The number of aryl methyl sites for hydroxylation is 1. The van der Waals surface area contributed by atoms with Gasteiger partial charge in [-0.25, -0.2) is 4.39 Å². The molecule has 0 aromatic carbocycles. The summed E-state index contributed by atoms with van der Waals surface area (Å²) in [6.07, 6.45) is 3.90. The maximum absolute atomic E-state index is 12.9. The predicted molar refractivity (Wildman–Crippen MR) is 61.1 cm³/mol. The van der Waals surface area contributed by atoms with Crippen molar-refractivity contribution in [2.45, 2.75) is 13.0 Å². The van der Waals surface area contributed by atoms with Crippen molar-refractivity contribution in [1.82, 2.24) is 25.1 Å².